The van der Waals surface area contributed by atoms with Crippen molar-refractivity contribution in [3.05, 3.63) is 182 Å². The number of unbranched alkanes of at least 4 members (excludes halogenated alkanes) is 42. The Bertz CT molecular complexity index is 5620. The van der Waals surface area contributed by atoms with E-state index in [1.54, 1.807) is 0 Å². The van der Waals surface area contributed by atoms with E-state index in [4.69, 9.17) is 88.2 Å². The van der Waals surface area contributed by atoms with Gasteiger partial charge in [0.1, 0.15) is 67.6 Å². The van der Waals surface area contributed by atoms with Gasteiger partial charge in [0.2, 0.25) is 0 Å². The van der Waals surface area contributed by atoms with Crippen molar-refractivity contribution in [2.45, 2.75) is 350 Å². The predicted octanol–water partition coefficient (Wildman–Crippen LogP) is 35.9. The summed E-state index contributed by atoms with van der Waals surface area (Å²) in [6.07, 6.45) is 59.3. The maximum atomic E-state index is 6.41. The third-order valence-corrected chi connectivity index (χ3v) is 28.4. The fourth-order valence-corrected chi connectivity index (χ4v) is 19.8. The summed E-state index contributed by atoms with van der Waals surface area (Å²) < 4.78 is 38.4. The molecule has 0 spiro atoms. The summed E-state index contributed by atoms with van der Waals surface area (Å²) >= 11 is 0. The molecule has 0 aliphatic heterocycles. The normalized spacial score (nSPS) is 11.8. The van der Waals surface area contributed by atoms with Crippen LogP contribution in [0, 0.1) is 0 Å². The third kappa shape index (κ3) is 29.6. The van der Waals surface area contributed by atoms with Crippen LogP contribution in [-0.2, 0) is 0 Å². The minimum atomic E-state index is 0.490. The SMILES string of the molecule is CCCCCCCCCCOc1ccc(-c2nc3cc4nc5c6nc7cc8nc(-c9ccc(OCCCCCCCCCC)cc9)c(-c9ccc(OCCCCCCCCCC)cc9)nc8cc7nc6c6nc7cc8nc(-c9ccc(OCCCCCCCCCC)cc9)c(-c9ccc(OCCCCCCCCCC)cc9)nc8cc7nc6c5nc4cc3nc2-c2ccc(OCCCCCCCCCC)cc2)cc1. The zero-order valence-corrected chi connectivity index (χ0v) is 87.3. The van der Waals surface area contributed by atoms with E-state index in [9.17, 15) is 0 Å². The minimum absolute atomic E-state index is 0.490. The summed E-state index contributed by atoms with van der Waals surface area (Å²) in [6, 6.07) is 61.9. The Morgan fingerprint density at radius 1 is 0.132 bits per heavy atom. The molecular formula is C126H156N12O6. The lowest BCUT2D eigenvalue weighted by atomic mass is 10.0. The maximum absolute atomic E-state index is 6.41. The van der Waals surface area contributed by atoms with Crippen molar-refractivity contribution in [1.29, 1.82) is 0 Å². The summed E-state index contributed by atoms with van der Waals surface area (Å²) in [5.41, 5.74) is 20.1. The van der Waals surface area contributed by atoms with Gasteiger partial charge in [-0.2, -0.15) is 0 Å². The zero-order chi connectivity index (χ0) is 98.9. The van der Waals surface area contributed by atoms with Crippen LogP contribution in [0.4, 0.5) is 0 Å². The summed E-state index contributed by atoms with van der Waals surface area (Å²) in [5, 5.41) is 0. The Morgan fingerprint density at radius 2 is 0.243 bits per heavy atom. The summed E-state index contributed by atoms with van der Waals surface area (Å²) in [6.45, 7) is 17.6. The van der Waals surface area contributed by atoms with Crippen molar-refractivity contribution >= 4 is 99.3 Å². The summed E-state index contributed by atoms with van der Waals surface area (Å²) in [5.74, 6) is 4.94. The number of hydrogen-bond acceptors (Lipinski definition) is 18. The summed E-state index contributed by atoms with van der Waals surface area (Å²) in [4.78, 5) is 67.6. The van der Waals surface area contributed by atoms with E-state index in [1.165, 1.54) is 231 Å². The standard InChI is InChI=1S/C126H156N12O6/c1-7-13-19-25-31-37-43-49-79-139-97-67-55-91(56-68-97)115-116(92-57-69-98(70-58-92)140-80-50-44-38-32-26-20-14-8-2)128-104-86-110-109(85-103(104)127-115)133-121-122(134-110)124-126(138-114-90-108-107(89-113(114)136-124)131-119(95-63-75-101(76-64-95)143-83-53-47-41-35-29-23-17-11-5)120(132-108)96-65-77-102(78-66-96)144-84-54-48-42-36-30-24-18-12-6)125-123(121)135-111-87-105-106(88-112(111)137-125)130-118(94-61-73-100(74-62-94)142-82-52-46-40-34-28-22-16-10-4)117(129-105)93-59-71-99(72-60-93)141-81-51-45-39-33-27-21-15-9-3/h55-78,85-90H,7-54,79-84H2,1-6H3. The molecule has 0 fully saturated rings. The lowest BCUT2D eigenvalue weighted by Crippen LogP contribution is -2.01. The van der Waals surface area contributed by atoms with E-state index >= 15 is 0 Å². The van der Waals surface area contributed by atoms with Crippen molar-refractivity contribution < 1.29 is 28.4 Å². The van der Waals surface area contributed by atoms with E-state index in [0.717, 1.165) is 179 Å². The van der Waals surface area contributed by atoms with Gasteiger partial charge in [0.25, 0.3) is 0 Å². The molecule has 0 N–H and O–H groups in total. The molecule has 0 saturated carbocycles. The van der Waals surface area contributed by atoms with Gasteiger partial charge in [-0.05, 0) is 221 Å². The van der Waals surface area contributed by atoms with Gasteiger partial charge < -0.3 is 28.4 Å². The molecule has 0 aliphatic rings. The highest BCUT2D eigenvalue weighted by Gasteiger charge is 2.26. The van der Waals surface area contributed by atoms with Gasteiger partial charge in [-0.25, -0.2) is 59.8 Å². The van der Waals surface area contributed by atoms with Crippen LogP contribution in [0.15, 0.2) is 182 Å². The molecule has 0 atom stereocenters. The van der Waals surface area contributed by atoms with Gasteiger partial charge in [0.15, 0.2) is 0 Å². The first-order chi connectivity index (χ1) is 71.2. The van der Waals surface area contributed by atoms with Crippen LogP contribution in [-0.4, -0.2) is 99.4 Å². The third-order valence-electron chi connectivity index (χ3n) is 28.4. The topological polar surface area (TPSA) is 210 Å². The van der Waals surface area contributed by atoms with E-state index < -0.39 is 0 Å². The number of ether oxygens (including phenoxy) is 6. The van der Waals surface area contributed by atoms with Gasteiger partial charge in [-0.3, -0.25) is 0 Å². The van der Waals surface area contributed by atoms with E-state index in [-0.39, 0.29) is 0 Å². The second-order valence-corrected chi connectivity index (χ2v) is 40.1. The number of benzene rings is 10. The largest absolute Gasteiger partial charge is 0.494 e. The second-order valence-electron chi connectivity index (χ2n) is 40.1. The lowest BCUT2D eigenvalue weighted by molar-refractivity contribution is 0.304. The number of nitrogens with zero attached hydrogens (tertiary/aromatic N) is 12. The Morgan fingerprint density at radius 3 is 0.368 bits per heavy atom. The molecule has 144 heavy (non-hydrogen) atoms. The molecule has 6 heterocycles. The van der Waals surface area contributed by atoms with Crippen LogP contribution in [0.3, 0.4) is 0 Å². The van der Waals surface area contributed by atoms with E-state index in [1.807, 2.05) is 36.4 Å². The highest BCUT2D eigenvalue weighted by molar-refractivity contribution is 6.22. The smallest absolute Gasteiger partial charge is 0.120 e. The number of aromatic nitrogens is 12. The molecule has 18 nitrogen and oxygen atoms in total. The number of rotatable bonds is 66. The Kier molecular flexibility index (Phi) is 40.9. The first-order valence-corrected chi connectivity index (χ1v) is 56.2. The van der Waals surface area contributed by atoms with E-state index in [0.29, 0.717) is 139 Å². The highest BCUT2D eigenvalue weighted by Crippen LogP contribution is 2.42. The zero-order valence-electron chi connectivity index (χ0n) is 87.3. The molecule has 0 aliphatic carbocycles. The van der Waals surface area contributed by atoms with Gasteiger partial charge >= 0.3 is 0 Å². The predicted molar refractivity (Wildman–Crippen MR) is 599 cm³/mol. The van der Waals surface area contributed by atoms with Crippen LogP contribution in [0.25, 0.3) is 167 Å². The van der Waals surface area contributed by atoms with Crippen LogP contribution in [0.1, 0.15) is 350 Å². The molecule has 0 amide bonds. The average Bonchev–Trinajstić information content (AvgIpc) is 0.710. The molecule has 16 aromatic rings. The molecule has 16 rings (SSSR count). The first kappa shape index (κ1) is 105. The molecule has 0 saturated heterocycles. The minimum Gasteiger partial charge on any atom is -0.494 e. The molecular weight excluding hydrogens is 1780 g/mol. The van der Waals surface area contributed by atoms with Crippen LogP contribution >= 0.6 is 0 Å². The fourth-order valence-electron chi connectivity index (χ4n) is 19.8. The van der Waals surface area contributed by atoms with Crippen LogP contribution in [0.2, 0.25) is 0 Å². The van der Waals surface area contributed by atoms with Crippen molar-refractivity contribution in [2.75, 3.05) is 39.6 Å². The Labute approximate surface area is 855 Å². The van der Waals surface area contributed by atoms with Crippen molar-refractivity contribution in [3.63, 3.8) is 0 Å². The fraction of sp³-hybridized carbons (Fsp3) is 0.476. The Balaban J connectivity index is 0.808. The number of fused-ring (bicyclic) bond motifs is 12. The first-order valence-electron chi connectivity index (χ1n) is 56.2. The van der Waals surface area contributed by atoms with Crippen molar-refractivity contribution in [1.82, 2.24) is 59.8 Å². The van der Waals surface area contributed by atoms with Crippen LogP contribution < -0.4 is 28.4 Å². The molecule has 18 heteroatoms. The van der Waals surface area contributed by atoms with Gasteiger partial charge in [0, 0.05) is 33.4 Å². The number of hydrogen-bond donors (Lipinski definition) is 0. The van der Waals surface area contributed by atoms with Gasteiger partial charge in [0.05, 0.1) is 140 Å². The second kappa shape index (κ2) is 56.3. The van der Waals surface area contributed by atoms with Gasteiger partial charge in [-0.1, -0.05) is 311 Å². The molecule has 6 aromatic heterocycles. The Hall–Kier alpha value is -12.2. The highest BCUT2D eigenvalue weighted by atomic mass is 16.5. The summed E-state index contributed by atoms with van der Waals surface area (Å²) in [7, 11) is 0. The quantitative estimate of drug-likeness (QED) is 0.0197. The molecule has 0 radical (unpaired) electrons. The molecule has 756 valence electrons. The van der Waals surface area contributed by atoms with Gasteiger partial charge in [-0.15, -0.1) is 0 Å². The molecule has 0 unspecified atom stereocenters. The maximum Gasteiger partial charge on any atom is 0.120 e. The van der Waals surface area contributed by atoms with Crippen LogP contribution in [0.5, 0.6) is 34.5 Å². The van der Waals surface area contributed by atoms with E-state index in [2.05, 4.69) is 187 Å². The van der Waals surface area contributed by atoms with Crippen molar-refractivity contribution in [2.24, 2.45) is 0 Å². The van der Waals surface area contributed by atoms with Crippen molar-refractivity contribution in [3.8, 4) is 102 Å². The monoisotopic (exact) mass is 1930 g/mol. The molecule has 0 bridgehead atoms. The lowest BCUT2D eigenvalue weighted by Gasteiger charge is -2.14. The molecule has 10 aromatic carbocycles. The average molecular weight is 1930 g/mol.